The summed E-state index contributed by atoms with van der Waals surface area (Å²) in [6.07, 6.45) is -8.59. The fourth-order valence-corrected chi connectivity index (χ4v) is 1.75. The minimum absolute atomic E-state index is 0.141. The van der Waals surface area contributed by atoms with Crippen LogP contribution in [0.5, 0.6) is 5.75 Å². The van der Waals surface area contributed by atoms with E-state index >= 15 is 0 Å². The molecule has 2 nitrogen and oxygen atoms in total. The van der Waals surface area contributed by atoms with Gasteiger partial charge in [0.05, 0.1) is 18.6 Å². The molecule has 21 heavy (non-hydrogen) atoms. The fourth-order valence-electron chi connectivity index (χ4n) is 1.75. The normalized spacial score (nSPS) is 14.3. The van der Waals surface area contributed by atoms with Gasteiger partial charge in [0, 0.05) is 7.11 Å². The van der Waals surface area contributed by atoms with Gasteiger partial charge in [-0.05, 0) is 31.5 Å². The van der Waals surface area contributed by atoms with Crippen molar-refractivity contribution in [1.82, 2.24) is 0 Å². The van der Waals surface area contributed by atoms with E-state index in [9.17, 15) is 22.0 Å². The number of alkyl halides is 5. The number of rotatable bonds is 6. The Morgan fingerprint density at radius 2 is 1.71 bits per heavy atom. The second-order valence-electron chi connectivity index (χ2n) is 4.87. The fraction of sp³-hybridized carbons (Fsp3) is 0.571. The van der Waals surface area contributed by atoms with Crippen LogP contribution < -0.4 is 4.74 Å². The molecule has 7 heteroatoms. The van der Waals surface area contributed by atoms with Gasteiger partial charge in [0.2, 0.25) is 0 Å². The summed E-state index contributed by atoms with van der Waals surface area (Å²) in [4.78, 5) is 0. The minimum Gasteiger partial charge on any atom is -0.491 e. The largest absolute Gasteiger partial charge is 0.491 e. The van der Waals surface area contributed by atoms with Crippen LogP contribution in [-0.4, -0.2) is 25.3 Å². The van der Waals surface area contributed by atoms with Crippen LogP contribution in [0.2, 0.25) is 0 Å². The zero-order valence-corrected chi connectivity index (χ0v) is 11.9. The highest BCUT2D eigenvalue weighted by atomic mass is 19.4. The van der Waals surface area contributed by atoms with Gasteiger partial charge >= 0.3 is 12.1 Å². The first-order valence-electron chi connectivity index (χ1n) is 6.31. The molecule has 0 aliphatic heterocycles. The van der Waals surface area contributed by atoms with Gasteiger partial charge < -0.3 is 9.47 Å². The summed E-state index contributed by atoms with van der Waals surface area (Å²) >= 11 is 0. The van der Waals surface area contributed by atoms with Gasteiger partial charge in [-0.2, -0.15) is 22.0 Å². The van der Waals surface area contributed by atoms with Crippen molar-refractivity contribution < 1.29 is 31.4 Å². The molecule has 0 bridgehead atoms. The van der Waals surface area contributed by atoms with Crippen LogP contribution in [0, 0.1) is 0 Å². The van der Waals surface area contributed by atoms with Crippen LogP contribution in [-0.2, 0) is 4.74 Å². The molecule has 0 saturated carbocycles. The van der Waals surface area contributed by atoms with E-state index in [2.05, 4.69) is 0 Å². The van der Waals surface area contributed by atoms with E-state index in [4.69, 9.17) is 9.47 Å². The molecular formula is C14H17F5O2. The summed E-state index contributed by atoms with van der Waals surface area (Å²) in [6.45, 7) is 3.55. The lowest BCUT2D eigenvalue weighted by molar-refractivity contribution is -0.291. The van der Waals surface area contributed by atoms with Crippen LogP contribution >= 0.6 is 0 Å². The molecule has 0 amide bonds. The lowest BCUT2D eigenvalue weighted by Gasteiger charge is -2.25. The van der Waals surface area contributed by atoms with Crippen LogP contribution in [0.4, 0.5) is 22.0 Å². The van der Waals surface area contributed by atoms with Crippen LogP contribution in [0.1, 0.15) is 31.9 Å². The van der Waals surface area contributed by atoms with Crippen LogP contribution in [0.25, 0.3) is 0 Å². The second kappa shape index (κ2) is 6.60. The molecule has 0 aliphatic rings. The standard InChI is InChI=1S/C14H17F5O2/c1-9(2)21-11-6-4-5-10(7-11)12(20-3)8-13(15,16)14(17,18)19/h4-7,9,12H,8H2,1-3H3. The molecule has 1 rings (SSSR count). The van der Waals surface area contributed by atoms with E-state index < -0.39 is 24.6 Å². The molecule has 0 aliphatic carbocycles. The smallest absolute Gasteiger partial charge is 0.453 e. The predicted octanol–water partition coefficient (Wildman–Crippen LogP) is 4.75. The Morgan fingerprint density at radius 1 is 1.10 bits per heavy atom. The first-order valence-corrected chi connectivity index (χ1v) is 6.31. The Morgan fingerprint density at radius 3 is 2.19 bits per heavy atom. The second-order valence-corrected chi connectivity index (χ2v) is 4.87. The Hall–Kier alpha value is -1.37. The molecule has 0 spiro atoms. The van der Waals surface area contributed by atoms with Gasteiger partial charge in [0.25, 0.3) is 0 Å². The van der Waals surface area contributed by atoms with Crippen LogP contribution in [0.3, 0.4) is 0 Å². The summed E-state index contributed by atoms with van der Waals surface area (Å²) in [5.41, 5.74) is 0.208. The third-order valence-electron chi connectivity index (χ3n) is 2.74. The quantitative estimate of drug-likeness (QED) is 0.706. The lowest BCUT2D eigenvalue weighted by atomic mass is 10.0. The average Bonchev–Trinajstić information content (AvgIpc) is 2.34. The molecule has 1 unspecified atom stereocenters. The van der Waals surface area contributed by atoms with Crippen molar-refractivity contribution in [3.05, 3.63) is 29.8 Å². The molecule has 0 N–H and O–H groups in total. The molecule has 1 aromatic carbocycles. The van der Waals surface area contributed by atoms with E-state index in [1.807, 2.05) is 0 Å². The zero-order valence-electron chi connectivity index (χ0n) is 11.9. The minimum atomic E-state index is -5.60. The van der Waals surface area contributed by atoms with Gasteiger partial charge in [-0.25, -0.2) is 0 Å². The molecule has 120 valence electrons. The first kappa shape index (κ1) is 17.7. The lowest BCUT2D eigenvalue weighted by Crippen LogP contribution is -2.38. The van der Waals surface area contributed by atoms with Crippen molar-refractivity contribution in [3.63, 3.8) is 0 Å². The predicted molar refractivity (Wildman–Crippen MR) is 67.6 cm³/mol. The molecule has 1 aromatic rings. The van der Waals surface area contributed by atoms with Crippen LogP contribution in [0.15, 0.2) is 24.3 Å². The number of halogens is 5. The van der Waals surface area contributed by atoms with Gasteiger partial charge in [-0.1, -0.05) is 12.1 Å². The molecule has 0 aromatic heterocycles. The number of methoxy groups -OCH3 is 1. The van der Waals surface area contributed by atoms with Gasteiger partial charge in [-0.15, -0.1) is 0 Å². The van der Waals surface area contributed by atoms with Crippen molar-refractivity contribution in [1.29, 1.82) is 0 Å². The van der Waals surface area contributed by atoms with E-state index in [-0.39, 0.29) is 11.7 Å². The topological polar surface area (TPSA) is 18.5 Å². The van der Waals surface area contributed by atoms with Crippen molar-refractivity contribution >= 4 is 0 Å². The van der Waals surface area contributed by atoms with E-state index in [0.717, 1.165) is 7.11 Å². The van der Waals surface area contributed by atoms with E-state index in [1.165, 1.54) is 18.2 Å². The van der Waals surface area contributed by atoms with Crippen molar-refractivity contribution in [2.24, 2.45) is 0 Å². The Labute approximate surface area is 119 Å². The first-order chi connectivity index (χ1) is 9.56. The third kappa shape index (κ3) is 4.84. The highest BCUT2D eigenvalue weighted by Crippen LogP contribution is 2.42. The summed E-state index contributed by atoms with van der Waals surface area (Å²) in [5, 5.41) is 0. The Kier molecular flexibility index (Phi) is 5.55. The van der Waals surface area contributed by atoms with E-state index in [1.54, 1.807) is 19.9 Å². The number of benzene rings is 1. The molecule has 0 fully saturated rings. The maximum absolute atomic E-state index is 13.1. The maximum atomic E-state index is 13.1. The molecule has 0 heterocycles. The van der Waals surface area contributed by atoms with Gasteiger partial charge in [-0.3, -0.25) is 0 Å². The Balaban J connectivity index is 2.95. The zero-order chi connectivity index (χ0) is 16.3. The average molecular weight is 312 g/mol. The maximum Gasteiger partial charge on any atom is 0.453 e. The molecule has 0 saturated heterocycles. The highest BCUT2D eigenvalue weighted by Gasteiger charge is 2.58. The summed E-state index contributed by atoms with van der Waals surface area (Å²) in [7, 11) is 1.09. The number of hydrogen-bond donors (Lipinski definition) is 0. The summed E-state index contributed by atoms with van der Waals surface area (Å²) < 4.78 is 73.2. The molecule has 1 atom stereocenters. The van der Waals surface area contributed by atoms with Gasteiger partial charge in [0.1, 0.15) is 5.75 Å². The summed E-state index contributed by atoms with van der Waals surface area (Å²) in [5.74, 6) is -4.43. The molecule has 0 radical (unpaired) electrons. The monoisotopic (exact) mass is 312 g/mol. The Bertz CT molecular complexity index is 457. The van der Waals surface area contributed by atoms with Crippen molar-refractivity contribution in [2.45, 2.75) is 44.6 Å². The van der Waals surface area contributed by atoms with E-state index in [0.29, 0.717) is 5.75 Å². The SMILES string of the molecule is COC(CC(F)(F)C(F)(F)F)c1cccc(OC(C)C)c1. The van der Waals surface area contributed by atoms with Gasteiger partial charge in [0.15, 0.2) is 0 Å². The third-order valence-corrected chi connectivity index (χ3v) is 2.74. The number of ether oxygens (including phenoxy) is 2. The summed E-state index contributed by atoms with van der Waals surface area (Å²) in [6, 6.07) is 5.94. The molecular weight excluding hydrogens is 295 g/mol. The van der Waals surface area contributed by atoms with Crippen molar-refractivity contribution in [2.75, 3.05) is 7.11 Å². The number of hydrogen-bond acceptors (Lipinski definition) is 2. The van der Waals surface area contributed by atoms with Crippen molar-refractivity contribution in [3.8, 4) is 5.75 Å². The highest BCUT2D eigenvalue weighted by molar-refractivity contribution is 5.30.